The summed E-state index contributed by atoms with van der Waals surface area (Å²) in [6.07, 6.45) is 1.67. The zero-order valence-corrected chi connectivity index (χ0v) is 10.3. The normalized spacial score (nSPS) is 10.4. The molecule has 94 valence electrons. The highest BCUT2D eigenvalue weighted by Crippen LogP contribution is 2.16. The number of benzene rings is 1. The molecule has 0 saturated carbocycles. The van der Waals surface area contributed by atoms with Gasteiger partial charge in [-0.2, -0.15) is 5.10 Å². The van der Waals surface area contributed by atoms with Gasteiger partial charge in [0.15, 0.2) is 0 Å². The van der Waals surface area contributed by atoms with Crippen molar-refractivity contribution in [2.45, 2.75) is 13.5 Å². The van der Waals surface area contributed by atoms with Crippen LogP contribution in [0.2, 0.25) is 0 Å². The summed E-state index contributed by atoms with van der Waals surface area (Å²) in [5.41, 5.74) is 2.52. The molecule has 5 heteroatoms. The number of para-hydroxylation sites is 1. The molecule has 1 aromatic carbocycles. The number of amides is 1. The van der Waals surface area contributed by atoms with E-state index in [9.17, 15) is 9.90 Å². The predicted octanol–water partition coefficient (Wildman–Crippen LogP) is 1.47. The number of aromatic nitrogens is 2. The molecule has 0 spiro atoms. The average Bonchev–Trinajstić information content (AvgIpc) is 2.69. The smallest absolute Gasteiger partial charge is 0.259 e. The number of anilines is 1. The van der Waals surface area contributed by atoms with E-state index in [0.717, 1.165) is 0 Å². The summed E-state index contributed by atoms with van der Waals surface area (Å²) in [5.74, 6) is -0.221. The number of aryl methyl sites for hydroxylation is 2. The lowest BCUT2D eigenvalue weighted by atomic mass is 10.1. The van der Waals surface area contributed by atoms with Gasteiger partial charge >= 0.3 is 0 Å². The Morgan fingerprint density at radius 1 is 1.44 bits per heavy atom. The predicted molar refractivity (Wildman–Crippen MR) is 68.3 cm³/mol. The van der Waals surface area contributed by atoms with E-state index >= 15 is 0 Å². The van der Waals surface area contributed by atoms with Gasteiger partial charge in [0.05, 0.1) is 17.9 Å². The number of aliphatic hydroxyl groups is 1. The van der Waals surface area contributed by atoms with Gasteiger partial charge in [-0.3, -0.25) is 9.48 Å². The Balaban J connectivity index is 2.24. The minimum absolute atomic E-state index is 0.109. The van der Waals surface area contributed by atoms with Gasteiger partial charge in [0.25, 0.3) is 5.91 Å². The summed E-state index contributed by atoms with van der Waals surface area (Å²) in [6.45, 7) is 1.68. The molecule has 2 aromatic rings. The number of carbonyl (C=O) groups excluding carboxylic acids is 1. The molecule has 2 N–H and O–H groups in total. The van der Waals surface area contributed by atoms with Crippen LogP contribution < -0.4 is 5.32 Å². The number of nitrogens with one attached hydrogen (secondary N) is 1. The van der Waals surface area contributed by atoms with Crippen molar-refractivity contribution in [2.75, 3.05) is 5.32 Å². The molecule has 0 aliphatic rings. The van der Waals surface area contributed by atoms with Crippen molar-refractivity contribution in [3.63, 3.8) is 0 Å². The first-order valence-electron chi connectivity index (χ1n) is 5.62. The molecule has 1 aromatic heterocycles. The number of hydrogen-bond acceptors (Lipinski definition) is 3. The molecule has 0 aliphatic carbocycles. The number of rotatable bonds is 3. The Labute approximate surface area is 105 Å². The first kappa shape index (κ1) is 12.3. The number of hydrogen-bond donors (Lipinski definition) is 2. The third kappa shape index (κ3) is 2.41. The van der Waals surface area contributed by atoms with Crippen LogP contribution in [0.1, 0.15) is 21.6 Å². The molecule has 5 nitrogen and oxygen atoms in total. The molecule has 0 saturated heterocycles. The van der Waals surface area contributed by atoms with Crippen molar-refractivity contribution in [3.8, 4) is 0 Å². The highest BCUT2D eigenvalue weighted by atomic mass is 16.3. The maximum Gasteiger partial charge on any atom is 0.259 e. The van der Waals surface area contributed by atoms with Crippen LogP contribution in [0.5, 0.6) is 0 Å². The Hall–Kier alpha value is -2.14. The summed E-state index contributed by atoms with van der Waals surface area (Å²) in [5, 5.41) is 16.1. The second-order valence-electron chi connectivity index (χ2n) is 4.07. The lowest BCUT2D eigenvalue weighted by Crippen LogP contribution is -2.13. The number of carbonyl (C=O) groups is 1. The molecule has 0 atom stereocenters. The monoisotopic (exact) mass is 245 g/mol. The topological polar surface area (TPSA) is 67.2 Å². The Morgan fingerprint density at radius 2 is 2.17 bits per heavy atom. The van der Waals surface area contributed by atoms with Crippen molar-refractivity contribution >= 4 is 11.6 Å². The summed E-state index contributed by atoms with van der Waals surface area (Å²) >= 11 is 0. The lowest BCUT2D eigenvalue weighted by molar-refractivity contribution is 0.102. The fraction of sp³-hybridized carbons (Fsp3) is 0.231. The average molecular weight is 245 g/mol. The maximum absolute atomic E-state index is 12.1. The Morgan fingerprint density at radius 3 is 2.78 bits per heavy atom. The highest BCUT2D eigenvalue weighted by molar-refractivity contribution is 6.05. The van der Waals surface area contributed by atoms with Crippen LogP contribution in [0.4, 0.5) is 5.69 Å². The Kier molecular flexibility index (Phi) is 3.43. The zero-order valence-electron chi connectivity index (χ0n) is 10.3. The molecule has 1 heterocycles. The Bertz CT molecular complexity index is 575. The van der Waals surface area contributed by atoms with Crippen LogP contribution in [0.25, 0.3) is 0 Å². The molecule has 0 aliphatic heterocycles. The summed E-state index contributed by atoms with van der Waals surface area (Å²) < 4.78 is 1.60. The third-order valence-electron chi connectivity index (χ3n) is 2.69. The van der Waals surface area contributed by atoms with Gasteiger partial charge in [-0.1, -0.05) is 18.2 Å². The molecule has 0 fully saturated rings. The van der Waals surface area contributed by atoms with Crippen molar-refractivity contribution < 1.29 is 9.90 Å². The van der Waals surface area contributed by atoms with Gasteiger partial charge in [0.2, 0.25) is 0 Å². The van der Waals surface area contributed by atoms with Crippen molar-refractivity contribution in [2.24, 2.45) is 7.05 Å². The summed E-state index contributed by atoms with van der Waals surface area (Å²) in [6, 6.07) is 7.16. The van der Waals surface area contributed by atoms with E-state index in [0.29, 0.717) is 22.5 Å². The van der Waals surface area contributed by atoms with Gasteiger partial charge in [-0.25, -0.2) is 0 Å². The quantitative estimate of drug-likeness (QED) is 0.860. The fourth-order valence-electron chi connectivity index (χ4n) is 1.79. The van der Waals surface area contributed by atoms with Crippen molar-refractivity contribution in [1.29, 1.82) is 0 Å². The number of aliphatic hydroxyl groups excluding tert-OH is 1. The SMILES string of the molecule is Cc1nn(C)cc1C(=O)Nc1ccccc1CO. The first-order chi connectivity index (χ1) is 8.61. The molecular formula is C13H15N3O2. The van der Waals surface area contributed by atoms with Gasteiger partial charge in [-0.15, -0.1) is 0 Å². The van der Waals surface area contributed by atoms with Gasteiger partial charge in [-0.05, 0) is 13.0 Å². The van der Waals surface area contributed by atoms with Crippen LogP contribution in [-0.2, 0) is 13.7 Å². The molecule has 0 unspecified atom stereocenters. The standard InChI is InChI=1S/C13H15N3O2/c1-9-11(7-16(2)15-9)13(18)14-12-6-4-3-5-10(12)8-17/h3-7,17H,8H2,1-2H3,(H,14,18). The van der Waals surface area contributed by atoms with E-state index in [1.165, 1.54) is 0 Å². The van der Waals surface area contributed by atoms with E-state index in [1.54, 1.807) is 37.0 Å². The van der Waals surface area contributed by atoms with Crippen LogP contribution in [0.15, 0.2) is 30.5 Å². The van der Waals surface area contributed by atoms with E-state index in [4.69, 9.17) is 0 Å². The summed E-state index contributed by atoms with van der Waals surface area (Å²) in [4.78, 5) is 12.1. The van der Waals surface area contributed by atoms with E-state index in [-0.39, 0.29) is 12.5 Å². The van der Waals surface area contributed by atoms with Crippen LogP contribution >= 0.6 is 0 Å². The van der Waals surface area contributed by atoms with Crippen LogP contribution in [0, 0.1) is 6.92 Å². The maximum atomic E-state index is 12.1. The highest BCUT2D eigenvalue weighted by Gasteiger charge is 2.13. The second-order valence-corrected chi connectivity index (χ2v) is 4.07. The molecule has 0 bridgehead atoms. The van der Waals surface area contributed by atoms with E-state index < -0.39 is 0 Å². The summed E-state index contributed by atoms with van der Waals surface area (Å²) in [7, 11) is 1.77. The van der Waals surface area contributed by atoms with Crippen LogP contribution in [-0.4, -0.2) is 20.8 Å². The van der Waals surface area contributed by atoms with Gasteiger partial charge in [0, 0.05) is 24.5 Å². The minimum atomic E-state index is -0.221. The van der Waals surface area contributed by atoms with Crippen molar-refractivity contribution in [3.05, 3.63) is 47.3 Å². The zero-order chi connectivity index (χ0) is 13.1. The lowest BCUT2D eigenvalue weighted by Gasteiger charge is -2.08. The number of nitrogens with zero attached hydrogens (tertiary/aromatic N) is 2. The van der Waals surface area contributed by atoms with Gasteiger partial charge < -0.3 is 10.4 Å². The molecule has 0 radical (unpaired) electrons. The van der Waals surface area contributed by atoms with Crippen LogP contribution in [0.3, 0.4) is 0 Å². The van der Waals surface area contributed by atoms with E-state index in [2.05, 4.69) is 10.4 Å². The molecular weight excluding hydrogens is 230 g/mol. The molecule has 2 rings (SSSR count). The van der Waals surface area contributed by atoms with Crippen molar-refractivity contribution in [1.82, 2.24) is 9.78 Å². The fourth-order valence-corrected chi connectivity index (χ4v) is 1.79. The van der Waals surface area contributed by atoms with Gasteiger partial charge in [0.1, 0.15) is 0 Å². The minimum Gasteiger partial charge on any atom is -0.392 e. The molecule has 1 amide bonds. The third-order valence-corrected chi connectivity index (χ3v) is 2.69. The van der Waals surface area contributed by atoms with E-state index in [1.807, 2.05) is 12.1 Å². The largest absolute Gasteiger partial charge is 0.392 e. The second kappa shape index (κ2) is 5.01. The first-order valence-corrected chi connectivity index (χ1v) is 5.62. The molecule has 18 heavy (non-hydrogen) atoms.